The number of phenolic OH excluding ortho intramolecular Hbond substituents is 1. The van der Waals surface area contributed by atoms with Gasteiger partial charge in [-0.2, -0.15) is 0 Å². The number of benzene rings is 2. The summed E-state index contributed by atoms with van der Waals surface area (Å²) in [6.07, 6.45) is 1.05. The first kappa shape index (κ1) is 11.9. The second-order valence-corrected chi connectivity index (χ2v) is 4.78. The zero-order valence-corrected chi connectivity index (χ0v) is 10.9. The first-order valence-corrected chi connectivity index (χ1v) is 6.57. The molecule has 0 fully saturated rings. The maximum atomic E-state index is 9.43. The van der Waals surface area contributed by atoms with Gasteiger partial charge < -0.3 is 15.2 Å². The Hall–Kier alpha value is -2.16. The van der Waals surface area contributed by atoms with Gasteiger partial charge in [0, 0.05) is 17.3 Å². The molecule has 0 amide bonds. The van der Waals surface area contributed by atoms with Crippen molar-refractivity contribution >= 4 is 5.69 Å². The highest BCUT2D eigenvalue weighted by molar-refractivity contribution is 5.52. The van der Waals surface area contributed by atoms with Crippen LogP contribution in [0.2, 0.25) is 0 Å². The Balaban J connectivity index is 1.78. The van der Waals surface area contributed by atoms with Gasteiger partial charge in [-0.1, -0.05) is 19.1 Å². The fraction of sp³-hybridized carbons (Fsp3) is 0.250. The minimum atomic E-state index is 0.142. The third-order valence-electron chi connectivity index (χ3n) is 3.48. The number of aromatic hydroxyl groups is 1. The molecule has 19 heavy (non-hydrogen) atoms. The number of ether oxygens (including phenoxy) is 1. The number of nitrogens with one attached hydrogen (secondary N) is 1. The van der Waals surface area contributed by atoms with E-state index >= 15 is 0 Å². The summed E-state index contributed by atoms with van der Waals surface area (Å²) in [6, 6.07) is 13.9. The number of anilines is 1. The van der Waals surface area contributed by atoms with E-state index in [2.05, 4.69) is 36.5 Å². The van der Waals surface area contributed by atoms with Crippen LogP contribution in [0.5, 0.6) is 11.5 Å². The summed E-state index contributed by atoms with van der Waals surface area (Å²) in [5.74, 6) is 1.01. The van der Waals surface area contributed by atoms with Crippen LogP contribution < -0.4 is 10.1 Å². The largest absolute Gasteiger partial charge is 0.508 e. The molecule has 1 unspecified atom stereocenters. The smallest absolute Gasteiger partial charge is 0.128 e. The van der Waals surface area contributed by atoms with Gasteiger partial charge in [-0.25, -0.2) is 0 Å². The lowest BCUT2D eigenvalue weighted by Crippen LogP contribution is -2.11. The van der Waals surface area contributed by atoms with E-state index in [1.807, 2.05) is 6.07 Å². The number of hydrogen-bond donors (Lipinski definition) is 2. The van der Waals surface area contributed by atoms with E-state index < -0.39 is 0 Å². The summed E-state index contributed by atoms with van der Waals surface area (Å²) in [5, 5.41) is 12.9. The molecular weight excluding hydrogens is 238 g/mol. The van der Waals surface area contributed by atoms with Gasteiger partial charge in [0.2, 0.25) is 0 Å². The zero-order valence-electron chi connectivity index (χ0n) is 10.9. The number of rotatable bonds is 3. The van der Waals surface area contributed by atoms with E-state index in [4.69, 9.17) is 4.74 Å². The van der Waals surface area contributed by atoms with E-state index in [1.165, 1.54) is 5.56 Å². The highest BCUT2D eigenvalue weighted by Gasteiger charge is 2.24. The Kier molecular flexibility index (Phi) is 3.03. The van der Waals surface area contributed by atoms with Crippen LogP contribution in [0.4, 0.5) is 5.69 Å². The van der Waals surface area contributed by atoms with Crippen LogP contribution in [0, 0.1) is 0 Å². The minimum Gasteiger partial charge on any atom is -0.508 e. The van der Waals surface area contributed by atoms with E-state index in [0.717, 1.165) is 23.4 Å². The van der Waals surface area contributed by atoms with Gasteiger partial charge >= 0.3 is 0 Å². The zero-order chi connectivity index (χ0) is 13.2. The molecule has 3 nitrogen and oxygen atoms in total. The SMILES string of the molecule is CCc1ccc(NC2COc3cc(O)ccc32)cc1. The van der Waals surface area contributed by atoms with Gasteiger partial charge in [-0.05, 0) is 36.2 Å². The van der Waals surface area contributed by atoms with Crippen molar-refractivity contribution in [1.82, 2.24) is 0 Å². The molecule has 98 valence electrons. The maximum Gasteiger partial charge on any atom is 0.128 e. The normalized spacial score (nSPS) is 16.8. The fourth-order valence-corrected chi connectivity index (χ4v) is 2.36. The summed E-state index contributed by atoms with van der Waals surface area (Å²) < 4.78 is 5.59. The average molecular weight is 255 g/mol. The molecule has 1 aliphatic heterocycles. The standard InChI is InChI=1S/C16H17NO2/c1-2-11-3-5-12(6-4-11)17-15-10-19-16-9-13(18)7-8-14(15)16/h3-9,15,17-18H,2,10H2,1H3. The lowest BCUT2D eigenvalue weighted by Gasteiger charge is -2.13. The number of aryl methyl sites for hydroxylation is 1. The third kappa shape index (κ3) is 2.36. The topological polar surface area (TPSA) is 41.5 Å². The summed E-state index contributed by atoms with van der Waals surface area (Å²) in [4.78, 5) is 0. The molecule has 1 atom stereocenters. The molecule has 0 radical (unpaired) electrons. The molecule has 0 bridgehead atoms. The summed E-state index contributed by atoms with van der Waals surface area (Å²) >= 11 is 0. The highest BCUT2D eigenvalue weighted by atomic mass is 16.5. The predicted molar refractivity (Wildman–Crippen MR) is 75.8 cm³/mol. The van der Waals surface area contributed by atoms with Crippen LogP contribution >= 0.6 is 0 Å². The molecule has 0 saturated heterocycles. The number of hydrogen-bond acceptors (Lipinski definition) is 3. The lowest BCUT2D eigenvalue weighted by atomic mass is 10.1. The molecule has 0 saturated carbocycles. The summed E-state index contributed by atoms with van der Waals surface area (Å²) in [5.41, 5.74) is 3.52. The molecule has 3 rings (SSSR count). The lowest BCUT2D eigenvalue weighted by molar-refractivity contribution is 0.338. The van der Waals surface area contributed by atoms with Crippen molar-refractivity contribution < 1.29 is 9.84 Å². The molecule has 1 heterocycles. The van der Waals surface area contributed by atoms with Crippen LogP contribution in [0.25, 0.3) is 0 Å². The molecular formula is C16H17NO2. The van der Waals surface area contributed by atoms with Crippen molar-refractivity contribution in [2.45, 2.75) is 19.4 Å². The fourth-order valence-electron chi connectivity index (χ4n) is 2.36. The molecule has 0 aliphatic carbocycles. The van der Waals surface area contributed by atoms with E-state index in [9.17, 15) is 5.11 Å². The predicted octanol–water partition coefficient (Wildman–Crippen LogP) is 3.50. The van der Waals surface area contributed by atoms with E-state index in [-0.39, 0.29) is 11.8 Å². The van der Waals surface area contributed by atoms with Crippen molar-refractivity contribution in [3.63, 3.8) is 0 Å². The van der Waals surface area contributed by atoms with Gasteiger partial charge in [-0.3, -0.25) is 0 Å². The van der Waals surface area contributed by atoms with Crippen LogP contribution in [0.3, 0.4) is 0 Å². The first-order valence-electron chi connectivity index (χ1n) is 6.57. The molecule has 0 aromatic heterocycles. The summed E-state index contributed by atoms with van der Waals surface area (Å²) in [7, 11) is 0. The quantitative estimate of drug-likeness (QED) is 0.882. The Labute approximate surface area is 112 Å². The van der Waals surface area contributed by atoms with Gasteiger partial charge in [0.1, 0.15) is 18.1 Å². The third-order valence-corrected chi connectivity index (χ3v) is 3.48. The maximum absolute atomic E-state index is 9.43. The van der Waals surface area contributed by atoms with Crippen molar-refractivity contribution in [2.24, 2.45) is 0 Å². The van der Waals surface area contributed by atoms with Gasteiger partial charge in [0.05, 0.1) is 6.04 Å². The Bertz CT molecular complexity index is 578. The Morgan fingerprint density at radius 2 is 2.00 bits per heavy atom. The minimum absolute atomic E-state index is 0.142. The monoisotopic (exact) mass is 255 g/mol. The Morgan fingerprint density at radius 1 is 1.21 bits per heavy atom. The van der Waals surface area contributed by atoms with Crippen molar-refractivity contribution in [3.8, 4) is 11.5 Å². The van der Waals surface area contributed by atoms with Gasteiger partial charge in [0.15, 0.2) is 0 Å². The van der Waals surface area contributed by atoms with Gasteiger partial charge in [-0.15, -0.1) is 0 Å². The van der Waals surface area contributed by atoms with Crippen molar-refractivity contribution in [2.75, 3.05) is 11.9 Å². The second-order valence-electron chi connectivity index (χ2n) is 4.78. The molecule has 1 aliphatic rings. The van der Waals surface area contributed by atoms with Crippen LogP contribution in [-0.2, 0) is 6.42 Å². The van der Waals surface area contributed by atoms with Gasteiger partial charge in [0.25, 0.3) is 0 Å². The van der Waals surface area contributed by atoms with Crippen LogP contribution in [-0.4, -0.2) is 11.7 Å². The number of fused-ring (bicyclic) bond motifs is 1. The molecule has 0 spiro atoms. The second kappa shape index (κ2) is 4.84. The summed E-state index contributed by atoms with van der Waals surface area (Å²) in [6.45, 7) is 2.74. The van der Waals surface area contributed by atoms with Crippen molar-refractivity contribution in [1.29, 1.82) is 0 Å². The molecule has 2 aromatic rings. The molecule has 2 aromatic carbocycles. The van der Waals surface area contributed by atoms with Crippen LogP contribution in [0.15, 0.2) is 42.5 Å². The van der Waals surface area contributed by atoms with E-state index in [1.54, 1.807) is 12.1 Å². The molecule has 2 N–H and O–H groups in total. The van der Waals surface area contributed by atoms with Crippen molar-refractivity contribution in [3.05, 3.63) is 53.6 Å². The number of phenols is 1. The molecule has 3 heteroatoms. The average Bonchev–Trinajstić information content (AvgIpc) is 2.82. The highest BCUT2D eigenvalue weighted by Crippen LogP contribution is 2.36. The van der Waals surface area contributed by atoms with E-state index in [0.29, 0.717) is 6.61 Å². The first-order chi connectivity index (χ1) is 9.26. The Morgan fingerprint density at radius 3 is 2.74 bits per heavy atom. The van der Waals surface area contributed by atoms with Crippen LogP contribution in [0.1, 0.15) is 24.1 Å².